The van der Waals surface area contributed by atoms with Crippen LogP contribution in [-0.4, -0.2) is 126 Å². The van der Waals surface area contributed by atoms with Crippen molar-refractivity contribution in [2.45, 2.75) is 44.3 Å². The number of aromatic nitrogens is 7. The number of para-hydroxylation sites is 1. The van der Waals surface area contributed by atoms with Crippen molar-refractivity contribution in [1.82, 2.24) is 49.9 Å². The number of imide groups is 2. The van der Waals surface area contributed by atoms with Gasteiger partial charge in [-0.2, -0.15) is 5.10 Å². The summed E-state index contributed by atoms with van der Waals surface area (Å²) in [5.74, 6) is -0.743. The molecule has 6 heterocycles. The zero-order valence-corrected chi connectivity index (χ0v) is 34.6. The Morgan fingerprint density at radius 2 is 1.67 bits per heavy atom. The molecule has 20 heteroatoms. The molecule has 20 nitrogen and oxygen atoms in total. The maximum Gasteiger partial charge on any atom is 0.276 e. The average molecular weight is 869 g/mol. The third kappa shape index (κ3) is 8.59. The van der Waals surface area contributed by atoms with E-state index < -0.39 is 29.7 Å². The van der Waals surface area contributed by atoms with Gasteiger partial charge in [0.2, 0.25) is 11.8 Å². The van der Waals surface area contributed by atoms with Crippen LogP contribution in [0.2, 0.25) is 0 Å². The Hall–Kier alpha value is -7.58. The SMILES string of the molecule is Nc1ncnc2c1c(-c1ccc(Oc3ccccc3)cc1)nn2[C@@H]1CCCN(C(=O)c2cn(CCOCCOCCNc3cccc4c3C(=O)N(C3CCC(=O)NC3=O)C4=O)nn2)C1. The number of anilines is 2. The van der Waals surface area contributed by atoms with Gasteiger partial charge in [0.05, 0.1) is 61.7 Å². The molecule has 0 saturated carbocycles. The largest absolute Gasteiger partial charge is 0.457 e. The maximum atomic E-state index is 13.7. The van der Waals surface area contributed by atoms with E-state index >= 15 is 0 Å². The van der Waals surface area contributed by atoms with E-state index in [-0.39, 0.29) is 48.2 Å². The predicted octanol–water partition coefficient (Wildman–Crippen LogP) is 3.48. The second-order valence-corrected chi connectivity index (χ2v) is 15.4. The number of piperidine rings is 2. The summed E-state index contributed by atoms with van der Waals surface area (Å²) in [6, 6.07) is 20.8. The van der Waals surface area contributed by atoms with Gasteiger partial charge in [-0.15, -0.1) is 5.10 Å². The lowest BCUT2D eigenvalue weighted by atomic mass is 10.0. The van der Waals surface area contributed by atoms with Gasteiger partial charge in [-0.05, 0) is 67.8 Å². The number of likely N-dealkylation sites (tertiary alicyclic amines) is 1. The Labute approximate surface area is 365 Å². The number of hydrogen-bond donors (Lipinski definition) is 3. The van der Waals surface area contributed by atoms with Crippen molar-refractivity contribution < 1.29 is 38.2 Å². The van der Waals surface area contributed by atoms with Crippen molar-refractivity contribution in [1.29, 1.82) is 0 Å². The van der Waals surface area contributed by atoms with Crippen LogP contribution in [0.5, 0.6) is 11.5 Å². The Bertz CT molecular complexity index is 2720. The van der Waals surface area contributed by atoms with Gasteiger partial charge in [-0.3, -0.25) is 34.2 Å². The summed E-state index contributed by atoms with van der Waals surface area (Å²) >= 11 is 0. The second-order valence-electron chi connectivity index (χ2n) is 15.4. The van der Waals surface area contributed by atoms with Crippen LogP contribution >= 0.6 is 0 Å². The van der Waals surface area contributed by atoms with E-state index in [1.54, 1.807) is 34.0 Å². The van der Waals surface area contributed by atoms with Gasteiger partial charge in [0.25, 0.3) is 17.7 Å². The van der Waals surface area contributed by atoms with E-state index in [0.29, 0.717) is 80.0 Å². The molecule has 3 aliphatic rings. The van der Waals surface area contributed by atoms with E-state index in [9.17, 15) is 24.0 Å². The molecule has 64 heavy (non-hydrogen) atoms. The number of nitrogens with two attached hydrogens (primary N) is 1. The number of amides is 5. The van der Waals surface area contributed by atoms with Crippen molar-refractivity contribution in [2.24, 2.45) is 0 Å². The molecule has 0 aliphatic carbocycles. The highest BCUT2D eigenvalue weighted by Gasteiger charge is 2.45. The summed E-state index contributed by atoms with van der Waals surface area (Å²) in [7, 11) is 0. The van der Waals surface area contributed by atoms with E-state index in [2.05, 4.69) is 30.9 Å². The van der Waals surface area contributed by atoms with Crippen molar-refractivity contribution in [3.8, 4) is 22.8 Å². The molecule has 9 rings (SSSR count). The molecule has 0 bridgehead atoms. The Kier molecular flexibility index (Phi) is 12.0. The monoisotopic (exact) mass is 868 g/mol. The fourth-order valence-corrected chi connectivity index (χ4v) is 8.16. The fraction of sp³-hybridized carbons (Fsp3) is 0.318. The predicted molar refractivity (Wildman–Crippen MR) is 229 cm³/mol. The minimum Gasteiger partial charge on any atom is -0.457 e. The molecule has 2 atom stereocenters. The first-order valence-electron chi connectivity index (χ1n) is 21.0. The Morgan fingerprint density at radius 1 is 0.875 bits per heavy atom. The fourth-order valence-electron chi connectivity index (χ4n) is 8.16. The molecule has 4 N–H and O–H groups in total. The number of benzene rings is 3. The Balaban J connectivity index is 0.728. The van der Waals surface area contributed by atoms with Gasteiger partial charge in [0, 0.05) is 37.3 Å². The van der Waals surface area contributed by atoms with Crippen molar-refractivity contribution in [3.63, 3.8) is 0 Å². The van der Waals surface area contributed by atoms with Gasteiger partial charge in [0.15, 0.2) is 11.3 Å². The minimum atomic E-state index is -1.04. The molecule has 3 aromatic carbocycles. The first kappa shape index (κ1) is 41.8. The zero-order valence-electron chi connectivity index (χ0n) is 34.6. The molecule has 0 radical (unpaired) electrons. The van der Waals surface area contributed by atoms with Crippen LogP contribution in [0.4, 0.5) is 11.5 Å². The third-order valence-electron chi connectivity index (χ3n) is 11.3. The summed E-state index contributed by atoms with van der Waals surface area (Å²) < 4.78 is 20.8. The van der Waals surface area contributed by atoms with E-state index in [1.165, 1.54) is 6.33 Å². The van der Waals surface area contributed by atoms with E-state index in [0.717, 1.165) is 29.1 Å². The van der Waals surface area contributed by atoms with Crippen LogP contribution in [0.25, 0.3) is 22.3 Å². The third-order valence-corrected chi connectivity index (χ3v) is 11.3. The summed E-state index contributed by atoms with van der Waals surface area (Å²) in [5, 5.41) is 19.3. The number of nitrogens with zero attached hydrogens (tertiary/aromatic N) is 9. The highest BCUT2D eigenvalue weighted by atomic mass is 16.5. The molecule has 5 amide bonds. The Morgan fingerprint density at radius 3 is 2.48 bits per heavy atom. The standard InChI is InChI=1S/C44H44N12O8/c45-39-37-38(27-11-13-30(14-12-27)64-29-7-2-1-3-8-29)51-56(40(37)48-26-47-39)28-6-5-18-53(24-28)43(60)33-25-54(52-50-33)19-21-63-23-22-62-20-17-46-32-10-4-9-31-36(32)44(61)55(42(31)59)34-15-16-35(57)49-41(34)58/h1-4,7-14,25-26,28,34,46H,5-6,15-24H2,(H2,45,47,48)(H,49,57,58)/t28-,34?/m1/s1. The molecule has 6 aromatic rings. The number of nitrogen functional groups attached to an aromatic ring is 1. The molecular formula is C44H44N12O8. The molecular weight excluding hydrogens is 825 g/mol. The summed E-state index contributed by atoms with van der Waals surface area (Å²) in [4.78, 5) is 75.6. The molecule has 3 aromatic heterocycles. The number of fused-ring (bicyclic) bond motifs is 2. The van der Waals surface area contributed by atoms with Gasteiger partial charge >= 0.3 is 0 Å². The van der Waals surface area contributed by atoms with Crippen LogP contribution in [-0.2, 0) is 25.6 Å². The van der Waals surface area contributed by atoms with Gasteiger partial charge < -0.3 is 30.2 Å². The van der Waals surface area contributed by atoms with Gasteiger partial charge in [-0.25, -0.2) is 19.3 Å². The summed E-state index contributed by atoms with van der Waals surface area (Å²) in [6.45, 7) is 2.86. The lowest BCUT2D eigenvalue weighted by molar-refractivity contribution is -0.136. The quantitative estimate of drug-likeness (QED) is 0.0932. The van der Waals surface area contributed by atoms with Crippen LogP contribution < -0.4 is 21.1 Å². The first-order chi connectivity index (χ1) is 31.2. The number of hydrogen-bond acceptors (Lipinski definition) is 15. The number of rotatable bonds is 16. The second kappa shape index (κ2) is 18.4. The smallest absolute Gasteiger partial charge is 0.276 e. The first-order valence-corrected chi connectivity index (χ1v) is 21.0. The number of ether oxygens (including phenoxy) is 3. The summed E-state index contributed by atoms with van der Waals surface area (Å²) in [6.07, 6.45) is 4.70. The molecule has 328 valence electrons. The number of nitrogens with one attached hydrogen (secondary N) is 2. The topological polar surface area (TPSA) is 244 Å². The van der Waals surface area contributed by atoms with Crippen molar-refractivity contribution in [2.75, 3.05) is 57.1 Å². The molecule has 2 fully saturated rings. The van der Waals surface area contributed by atoms with Crippen LogP contribution in [0.15, 0.2) is 85.3 Å². The van der Waals surface area contributed by atoms with Gasteiger partial charge in [0.1, 0.15) is 35.4 Å². The number of carbonyl (C=O) groups excluding carboxylic acids is 5. The zero-order chi connectivity index (χ0) is 44.2. The number of carbonyl (C=O) groups is 5. The highest BCUT2D eigenvalue weighted by Crippen LogP contribution is 2.36. The normalized spacial score (nSPS) is 17.5. The van der Waals surface area contributed by atoms with Crippen LogP contribution in [0.1, 0.15) is 62.9 Å². The average Bonchev–Trinajstić information content (AvgIpc) is 4.02. The lowest BCUT2D eigenvalue weighted by Crippen LogP contribution is -2.54. The van der Waals surface area contributed by atoms with E-state index in [1.807, 2.05) is 59.3 Å². The molecule has 1 unspecified atom stereocenters. The highest BCUT2D eigenvalue weighted by molar-refractivity contribution is 6.25. The van der Waals surface area contributed by atoms with Crippen LogP contribution in [0, 0.1) is 0 Å². The summed E-state index contributed by atoms with van der Waals surface area (Å²) in [5.41, 5.74) is 9.52. The van der Waals surface area contributed by atoms with E-state index in [4.69, 9.17) is 25.0 Å². The molecule has 0 spiro atoms. The molecule has 2 saturated heterocycles. The molecule has 3 aliphatic heterocycles. The van der Waals surface area contributed by atoms with Gasteiger partial charge in [-0.1, -0.05) is 29.5 Å². The van der Waals surface area contributed by atoms with Crippen molar-refractivity contribution >= 4 is 52.1 Å². The maximum absolute atomic E-state index is 13.7. The minimum absolute atomic E-state index is 0.0474. The lowest BCUT2D eigenvalue weighted by Gasteiger charge is -2.32. The van der Waals surface area contributed by atoms with Crippen molar-refractivity contribution in [3.05, 3.63) is 102 Å². The van der Waals surface area contributed by atoms with Crippen LogP contribution in [0.3, 0.4) is 0 Å².